The van der Waals surface area contributed by atoms with Gasteiger partial charge in [-0.3, -0.25) is 0 Å². The molecule has 2 fully saturated rings. The van der Waals surface area contributed by atoms with Gasteiger partial charge >= 0.3 is 0 Å². The summed E-state index contributed by atoms with van der Waals surface area (Å²) in [4.78, 5) is 0. The van der Waals surface area contributed by atoms with Gasteiger partial charge in [-0.1, -0.05) is 57.7 Å². The van der Waals surface area contributed by atoms with Crippen molar-refractivity contribution in [3.63, 3.8) is 0 Å². The summed E-state index contributed by atoms with van der Waals surface area (Å²) >= 11 is 0. The lowest BCUT2D eigenvalue weighted by atomic mass is 9.65. The first-order chi connectivity index (χ1) is 10.00. The van der Waals surface area contributed by atoms with Crippen LogP contribution in [0.5, 0.6) is 5.75 Å². The molecule has 0 unspecified atom stereocenters. The maximum absolute atomic E-state index is 6.62. The van der Waals surface area contributed by atoms with Crippen molar-refractivity contribution in [1.29, 1.82) is 0 Å². The third kappa shape index (κ3) is 2.10. The van der Waals surface area contributed by atoms with Crippen molar-refractivity contribution in [3.8, 4) is 5.75 Å². The Kier molecular flexibility index (Phi) is 3.39. The topological polar surface area (TPSA) is 9.23 Å². The van der Waals surface area contributed by atoms with Crippen LogP contribution in [0.1, 0.15) is 47.0 Å². The third-order valence-electron chi connectivity index (χ3n) is 7.30. The molecular weight excluding hydrogens is 284 g/mol. The molecule has 3 rings (SSSR count). The Hall–Kier alpha value is -0.763. The first-order valence-corrected chi connectivity index (χ1v) is 12.3. The molecule has 2 aliphatic carbocycles. The number of ether oxygens (including phenoxy) is 1. The molecule has 0 heterocycles. The largest absolute Gasteiger partial charge is 0.487 e. The van der Waals surface area contributed by atoms with Crippen LogP contribution in [0.4, 0.5) is 0 Å². The van der Waals surface area contributed by atoms with Gasteiger partial charge in [-0.05, 0) is 49.7 Å². The van der Waals surface area contributed by atoms with Crippen LogP contribution in [0.25, 0.3) is 0 Å². The minimum atomic E-state index is -1.23. The lowest BCUT2D eigenvalue weighted by Crippen LogP contribution is -2.49. The van der Waals surface area contributed by atoms with Gasteiger partial charge in [-0.25, -0.2) is 0 Å². The lowest BCUT2D eigenvalue weighted by molar-refractivity contribution is -0.0538. The maximum Gasteiger partial charge on any atom is 0.120 e. The standard InChI is InChI=1S/C20H32OSi/c1-18(2)15-12-13-19(18,3)20(4,14-15)21-16-8-10-17(11-9-16)22(5,6)7/h8-11,15H,12-14H2,1-7H3/t15-,19-,20-/m1/s1. The summed E-state index contributed by atoms with van der Waals surface area (Å²) in [7, 11) is -1.23. The molecular formula is C20H32OSi. The second kappa shape index (κ2) is 4.63. The smallest absolute Gasteiger partial charge is 0.120 e. The van der Waals surface area contributed by atoms with Crippen molar-refractivity contribution < 1.29 is 4.74 Å². The Morgan fingerprint density at radius 2 is 1.59 bits per heavy atom. The minimum Gasteiger partial charge on any atom is -0.487 e. The average Bonchev–Trinajstić information content (AvgIpc) is 2.70. The zero-order valence-corrected chi connectivity index (χ0v) is 16.4. The number of hydrogen-bond donors (Lipinski definition) is 0. The Labute approximate surface area is 137 Å². The van der Waals surface area contributed by atoms with Gasteiger partial charge in [0.25, 0.3) is 0 Å². The maximum atomic E-state index is 6.62. The van der Waals surface area contributed by atoms with Crippen LogP contribution in [-0.4, -0.2) is 13.7 Å². The summed E-state index contributed by atoms with van der Waals surface area (Å²) in [5.74, 6) is 1.86. The van der Waals surface area contributed by atoms with E-state index in [9.17, 15) is 0 Å². The quantitative estimate of drug-likeness (QED) is 0.695. The SMILES string of the molecule is CC1(C)[C@@H]2CC[C@@]1(C)[C@](C)(Oc1ccc([Si](C)(C)C)cc1)C2. The monoisotopic (exact) mass is 316 g/mol. The highest BCUT2D eigenvalue weighted by molar-refractivity contribution is 6.88. The van der Waals surface area contributed by atoms with Crippen molar-refractivity contribution in [2.75, 3.05) is 0 Å². The Morgan fingerprint density at radius 3 is 2.00 bits per heavy atom. The normalized spacial score (nSPS) is 36.6. The Balaban J connectivity index is 1.85. The Morgan fingerprint density at radius 1 is 1.00 bits per heavy atom. The summed E-state index contributed by atoms with van der Waals surface area (Å²) in [6, 6.07) is 8.96. The second-order valence-corrected chi connectivity index (χ2v) is 14.7. The zero-order valence-electron chi connectivity index (χ0n) is 15.4. The van der Waals surface area contributed by atoms with E-state index in [-0.39, 0.29) is 11.0 Å². The molecule has 22 heavy (non-hydrogen) atoms. The van der Waals surface area contributed by atoms with E-state index in [1.165, 1.54) is 24.4 Å². The Bertz CT molecular complexity index is 568. The molecule has 0 aromatic heterocycles. The lowest BCUT2D eigenvalue weighted by Gasteiger charge is -2.46. The van der Waals surface area contributed by atoms with Gasteiger partial charge in [0.05, 0.1) is 8.07 Å². The van der Waals surface area contributed by atoms with Crippen LogP contribution in [0.3, 0.4) is 0 Å². The minimum absolute atomic E-state index is 0.0277. The molecule has 122 valence electrons. The summed E-state index contributed by atoms with van der Waals surface area (Å²) in [5, 5.41) is 1.50. The van der Waals surface area contributed by atoms with Crippen LogP contribution < -0.4 is 9.92 Å². The van der Waals surface area contributed by atoms with Gasteiger partial charge < -0.3 is 4.74 Å². The van der Waals surface area contributed by atoms with Crippen LogP contribution in [0.15, 0.2) is 24.3 Å². The highest BCUT2D eigenvalue weighted by Crippen LogP contribution is 2.70. The van der Waals surface area contributed by atoms with E-state index in [0.29, 0.717) is 5.41 Å². The van der Waals surface area contributed by atoms with Crippen LogP contribution >= 0.6 is 0 Å². The van der Waals surface area contributed by atoms with E-state index in [0.717, 1.165) is 11.7 Å². The van der Waals surface area contributed by atoms with E-state index in [1.54, 1.807) is 0 Å². The first kappa shape index (κ1) is 16.1. The van der Waals surface area contributed by atoms with Gasteiger partial charge in [-0.2, -0.15) is 0 Å². The van der Waals surface area contributed by atoms with Gasteiger partial charge in [0, 0.05) is 5.41 Å². The molecule has 0 saturated heterocycles. The van der Waals surface area contributed by atoms with Gasteiger partial charge in [0.15, 0.2) is 0 Å². The van der Waals surface area contributed by atoms with Gasteiger partial charge in [0.1, 0.15) is 11.4 Å². The molecule has 0 spiro atoms. The van der Waals surface area contributed by atoms with Crippen molar-refractivity contribution >= 4 is 13.3 Å². The molecule has 2 bridgehead atoms. The van der Waals surface area contributed by atoms with Crippen molar-refractivity contribution in [1.82, 2.24) is 0 Å². The zero-order chi connectivity index (χ0) is 16.4. The number of fused-ring (bicyclic) bond motifs is 2. The molecule has 3 atom stereocenters. The highest BCUT2D eigenvalue weighted by Gasteiger charge is 2.68. The fourth-order valence-electron chi connectivity index (χ4n) is 5.03. The summed E-state index contributed by atoms with van der Waals surface area (Å²) in [5.41, 5.74) is 0.641. The average molecular weight is 317 g/mol. The number of benzene rings is 1. The predicted molar refractivity (Wildman–Crippen MR) is 97.7 cm³/mol. The fraction of sp³-hybridized carbons (Fsp3) is 0.700. The van der Waals surface area contributed by atoms with Crippen molar-refractivity contribution in [2.24, 2.45) is 16.7 Å². The number of rotatable bonds is 3. The molecule has 1 aromatic rings. The molecule has 0 radical (unpaired) electrons. The molecule has 2 saturated carbocycles. The van der Waals surface area contributed by atoms with Crippen molar-refractivity contribution in [3.05, 3.63) is 24.3 Å². The van der Waals surface area contributed by atoms with Crippen LogP contribution in [0, 0.1) is 16.7 Å². The van der Waals surface area contributed by atoms with E-state index in [4.69, 9.17) is 4.74 Å². The van der Waals surface area contributed by atoms with Gasteiger partial charge in [-0.15, -0.1) is 0 Å². The van der Waals surface area contributed by atoms with Gasteiger partial charge in [0.2, 0.25) is 0 Å². The summed E-state index contributed by atoms with van der Waals surface area (Å²) in [6.07, 6.45) is 3.87. The van der Waals surface area contributed by atoms with E-state index in [2.05, 4.69) is 71.6 Å². The van der Waals surface area contributed by atoms with Crippen LogP contribution in [0.2, 0.25) is 19.6 Å². The first-order valence-electron chi connectivity index (χ1n) is 8.79. The molecule has 1 nitrogen and oxygen atoms in total. The molecule has 0 amide bonds. The molecule has 2 aliphatic rings. The second-order valence-electron chi connectivity index (χ2n) is 9.60. The molecule has 0 N–H and O–H groups in total. The molecule has 2 heteroatoms. The molecule has 1 aromatic carbocycles. The molecule has 0 aliphatic heterocycles. The van der Waals surface area contributed by atoms with E-state index >= 15 is 0 Å². The van der Waals surface area contributed by atoms with Crippen molar-refractivity contribution in [2.45, 2.75) is 72.2 Å². The highest BCUT2D eigenvalue weighted by atomic mass is 28.3. The predicted octanol–water partition coefficient (Wildman–Crippen LogP) is 5.22. The number of hydrogen-bond acceptors (Lipinski definition) is 1. The summed E-state index contributed by atoms with van der Waals surface area (Å²) < 4.78 is 6.62. The summed E-state index contributed by atoms with van der Waals surface area (Å²) in [6.45, 7) is 16.9. The van der Waals surface area contributed by atoms with E-state index in [1.807, 2.05) is 0 Å². The van der Waals surface area contributed by atoms with Crippen LogP contribution in [-0.2, 0) is 0 Å². The fourth-order valence-corrected chi connectivity index (χ4v) is 6.20. The third-order valence-corrected chi connectivity index (χ3v) is 9.37. The van der Waals surface area contributed by atoms with E-state index < -0.39 is 8.07 Å².